The molecule has 0 radical (unpaired) electrons. The molecule has 3 heterocycles. The molecule has 1 unspecified atom stereocenters. The molecule has 3 aliphatic rings. The number of carbonyl (C=O) groups excluding carboxylic acids is 2. The Morgan fingerprint density at radius 1 is 1.10 bits per heavy atom. The van der Waals surface area contributed by atoms with Gasteiger partial charge in [-0.25, -0.2) is 9.97 Å². The van der Waals surface area contributed by atoms with Gasteiger partial charge < -0.3 is 9.64 Å². The number of aromatic nitrogens is 2. The smallest absolute Gasteiger partial charge is 0.249 e. The normalized spacial score (nSPS) is 22.8. The average Bonchev–Trinajstić information content (AvgIpc) is 3.05. The number of nitrogens with zero attached hydrogens (tertiary/aromatic N) is 4. The molecular formula is C22H32N4O3. The maximum absolute atomic E-state index is 12.8. The Morgan fingerprint density at radius 3 is 2.62 bits per heavy atom. The summed E-state index contributed by atoms with van der Waals surface area (Å²) in [5, 5.41) is 0. The summed E-state index contributed by atoms with van der Waals surface area (Å²) < 4.78 is 5.07. The molecule has 1 atom stereocenters. The van der Waals surface area contributed by atoms with Gasteiger partial charge in [0.15, 0.2) is 5.82 Å². The quantitative estimate of drug-likeness (QED) is 0.760. The van der Waals surface area contributed by atoms with E-state index in [4.69, 9.17) is 14.7 Å². The zero-order valence-electron chi connectivity index (χ0n) is 17.7. The highest BCUT2D eigenvalue weighted by Gasteiger charge is 2.36. The maximum Gasteiger partial charge on any atom is 0.249 e. The summed E-state index contributed by atoms with van der Waals surface area (Å²) in [6.07, 6.45) is 9.48. The minimum atomic E-state index is -0.136. The van der Waals surface area contributed by atoms with Crippen LogP contribution in [0.15, 0.2) is 0 Å². The largest absolute Gasteiger partial charge is 0.375 e. The lowest BCUT2D eigenvalue weighted by Crippen LogP contribution is -2.41. The van der Waals surface area contributed by atoms with Gasteiger partial charge in [0.1, 0.15) is 12.4 Å². The van der Waals surface area contributed by atoms with Crippen LogP contribution in [0.4, 0.5) is 5.82 Å². The Hall–Kier alpha value is -2.02. The second-order valence-electron chi connectivity index (χ2n) is 8.69. The molecule has 1 aromatic rings. The Balaban J connectivity index is 1.62. The van der Waals surface area contributed by atoms with Crippen LogP contribution in [0.2, 0.25) is 0 Å². The first-order valence-corrected chi connectivity index (χ1v) is 11.0. The van der Waals surface area contributed by atoms with Crippen LogP contribution in [-0.4, -0.2) is 53.5 Å². The highest BCUT2D eigenvalue weighted by atomic mass is 16.5. The Labute approximate surface area is 172 Å². The van der Waals surface area contributed by atoms with E-state index in [1.165, 1.54) is 32.1 Å². The number of carbonyl (C=O) groups is 2. The van der Waals surface area contributed by atoms with Gasteiger partial charge in [-0.15, -0.1) is 0 Å². The van der Waals surface area contributed by atoms with E-state index in [-0.39, 0.29) is 24.5 Å². The molecule has 7 heteroatoms. The van der Waals surface area contributed by atoms with Crippen molar-refractivity contribution in [3.63, 3.8) is 0 Å². The molecular weight excluding hydrogens is 368 g/mol. The number of hydrogen-bond acceptors (Lipinski definition) is 5. The van der Waals surface area contributed by atoms with E-state index >= 15 is 0 Å². The van der Waals surface area contributed by atoms with Crippen molar-refractivity contribution in [2.75, 3.05) is 31.7 Å². The highest BCUT2D eigenvalue weighted by Crippen LogP contribution is 2.36. The van der Waals surface area contributed by atoms with E-state index in [1.54, 1.807) is 7.11 Å². The predicted octanol–water partition coefficient (Wildman–Crippen LogP) is 2.95. The van der Waals surface area contributed by atoms with Crippen LogP contribution in [0.3, 0.4) is 0 Å². The summed E-state index contributed by atoms with van der Waals surface area (Å²) in [6.45, 7) is 3.51. The molecule has 0 bridgehead atoms. The van der Waals surface area contributed by atoms with Crippen molar-refractivity contribution in [2.24, 2.45) is 5.92 Å². The molecule has 4 rings (SSSR count). The van der Waals surface area contributed by atoms with E-state index in [2.05, 4.69) is 0 Å². The number of ether oxygens (including phenoxy) is 1. The molecule has 0 spiro atoms. The third-order valence-electron chi connectivity index (χ3n) is 6.65. The predicted molar refractivity (Wildman–Crippen MR) is 110 cm³/mol. The lowest BCUT2D eigenvalue weighted by Gasteiger charge is -2.35. The Kier molecular flexibility index (Phi) is 6.13. The topological polar surface area (TPSA) is 75.6 Å². The molecule has 1 saturated carbocycles. The van der Waals surface area contributed by atoms with Crippen LogP contribution in [0.5, 0.6) is 0 Å². The third kappa shape index (κ3) is 4.15. The summed E-state index contributed by atoms with van der Waals surface area (Å²) in [5.74, 6) is 2.14. The molecule has 0 N–H and O–H groups in total. The number of likely N-dealkylation sites (tertiary alicyclic amines) is 1. The summed E-state index contributed by atoms with van der Waals surface area (Å²) in [5.41, 5.74) is 1.83. The van der Waals surface area contributed by atoms with E-state index in [1.807, 2.05) is 16.7 Å². The third-order valence-corrected chi connectivity index (χ3v) is 6.65. The Bertz CT molecular complexity index is 776. The van der Waals surface area contributed by atoms with Crippen molar-refractivity contribution < 1.29 is 14.3 Å². The second kappa shape index (κ2) is 8.78. The van der Waals surface area contributed by atoms with Crippen molar-refractivity contribution in [2.45, 2.75) is 70.8 Å². The SMILES string of the molecule is COCC(=O)N1CCCCC1c1nc(C)c2c(n1)N(CC1CCCCC1)C(=O)C2. The fourth-order valence-electron chi connectivity index (χ4n) is 5.07. The first-order valence-electron chi connectivity index (χ1n) is 11.0. The lowest BCUT2D eigenvalue weighted by molar-refractivity contribution is -0.139. The van der Waals surface area contributed by atoms with E-state index in [0.717, 1.165) is 42.9 Å². The van der Waals surface area contributed by atoms with Gasteiger partial charge in [-0.1, -0.05) is 19.3 Å². The molecule has 1 aromatic heterocycles. The van der Waals surface area contributed by atoms with Gasteiger partial charge >= 0.3 is 0 Å². The molecule has 2 fully saturated rings. The monoisotopic (exact) mass is 400 g/mol. The van der Waals surface area contributed by atoms with Crippen LogP contribution >= 0.6 is 0 Å². The Morgan fingerprint density at radius 2 is 1.86 bits per heavy atom. The molecule has 158 valence electrons. The summed E-state index contributed by atoms with van der Waals surface area (Å²) in [4.78, 5) is 38.7. The fourth-order valence-corrected chi connectivity index (χ4v) is 5.07. The number of piperidine rings is 1. The van der Waals surface area contributed by atoms with Crippen LogP contribution < -0.4 is 4.90 Å². The zero-order chi connectivity index (χ0) is 20.4. The standard InChI is InChI=1S/C22H32N4O3/c1-15-17-12-19(27)26(13-16-8-4-3-5-9-16)22(17)24-21(23-15)18-10-6-7-11-25(18)20(28)14-29-2/h16,18H,3-14H2,1-2H3. The van der Waals surface area contributed by atoms with Gasteiger partial charge in [0.05, 0.1) is 12.5 Å². The number of amides is 2. The number of methoxy groups -OCH3 is 1. The van der Waals surface area contributed by atoms with Crippen molar-refractivity contribution in [1.29, 1.82) is 0 Å². The van der Waals surface area contributed by atoms with Gasteiger partial charge in [0.2, 0.25) is 11.8 Å². The van der Waals surface area contributed by atoms with Crippen molar-refractivity contribution in [3.8, 4) is 0 Å². The van der Waals surface area contributed by atoms with Crippen molar-refractivity contribution in [1.82, 2.24) is 14.9 Å². The highest BCUT2D eigenvalue weighted by molar-refractivity contribution is 6.00. The fraction of sp³-hybridized carbons (Fsp3) is 0.727. The molecule has 2 aliphatic heterocycles. The molecule has 29 heavy (non-hydrogen) atoms. The van der Waals surface area contributed by atoms with E-state index in [9.17, 15) is 9.59 Å². The molecule has 1 aliphatic carbocycles. The van der Waals surface area contributed by atoms with Crippen LogP contribution in [-0.2, 0) is 20.7 Å². The van der Waals surface area contributed by atoms with Crippen LogP contribution in [0.25, 0.3) is 0 Å². The molecule has 0 aromatic carbocycles. The first-order chi connectivity index (χ1) is 14.1. The first kappa shape index (κ1) is 20.3. The molecule has 7 nitrogen and oxygen atoms in total. The number of anilines is 1. The molecule has 2 amide bonds. The average molecular weight is 401 g/mol. The lowest BCUT2D eigenvalue weighted by atomic mass is 9.89. The zero-order valence-corrected chi connectivity index (χ0v) is 17.7. The number of hydrogen-bond donors (Lipinski definition) is 0. The van der Waals surface area contributed by atoms with Gasteiger partial charge in [0, 0.05) is 31.5 Å². The minimum absolute atomic E-state index is 0.0194. The summed E-state index contributed by atoms with van der Waals surface area (Å²) in [6, 6.07) is -0.136. The van der Waals surface area contributed by atoms with Crippen LogP contribution in [0, 0.1) is 12.8 Å². The second-order valence-corrected chi connectivity index (χ2v) is 8.69. The molecule has 1 saturated heterocycles. The van der Waals surface area contributed by atoms with Gasteiger partial charge in [-0.3, -0.25) is 14.5 Å². The maximum atomic E-state index is 12.8. The number of aryl methyl sites for hydroxylation is 1. The van der Waals surface area contributed by atoms with Gasteiger partial charge in [-0.2, -0.15) is 0 Å². The summed E-state index contributed by atoms with van der Waals surface area (Å²) in [7, 11) is 1.54. The van der Waals surface area contributed by atoms with Gasteiger partial charge in [-0.05, 0) is 44.9 Å². The van der Waals surface area contributed by atoms with Crippen molar-refractivity contribution in [3.05, 3.63) is 17.1 Å². The number of fused-ring (bicyclic) bond motifs is 1. The minimum Gasteiger partial charge on any atom is -0.375 e. The summed E-state index contributed by atoms with van der Waals surface area (Å²) >= 11 is 0. The van der Waals surface area contributed by atoms with Gasteiger partial charge in [0.25, 0.3) is 0 Å². The number of rotatable bonds is 5. The van der Waals surface area contributed by atoms with Crippen LogP contribution in [0.1, 0.15) is 74.5 Å². The van der Waals surface area contributed by atoms with Crippen molar-refractivity contribution >= 4 is 17.6 Å². The van der Waals surface area contributed by atoms with E-state index in [0.29, 0.717) is 24.7 Å². The van der Waals surface area contributed by atoms with E-state index < -0.39 is 0 Å².